The number of rotatable bonds is 3. The number of hydrogen-bond donors (Lipinski definition) is 1. The summed E-state index contributed by atoms with van der Waals surface area (Å²) in [5.41, 5.74) is 3.56. The summed E-state index contributed by atoms with van der Waals surface area (Å²) < 4.78 is 2.21. The SMILES string of the molecule is O=C1NCCN1c1cccc(C(=O)N2CCn3cccc3C2c2ccccc2)c1. The third kappa shape index (κ3) is 3.06. The van der Waals surface area contributed by atoms with Crippen molar-refractivity contribution < 1.29 is 9.59 Å². The van der Waals surface area contributed by atoms with Gasteiger partial charge >= 0.3 is 6.03 Å². The molecule has 5 rings (SSSR count). The lowest BCUT2D eigenvalue weighted by molar-refractivity contribution is 0.0664. The maximum Gasteiger partial charge on any atom is 0.321 e. The topological polar surface area (TPSA) is 57.6 Å². The second-order valence-corrected chi connectivity index (χ2v) is 7.37. The normalized spacial score (nSPS) is 18.5. The number of aromatic nitrogens is 1. The van der Waals surface area contributed by atoms with Gasteiger partial charge in [0.05, 0.1) is 6.04 Å². The van der Waals surface area contributed by atoms with Gasteiger partial charge in [0.2, 0.25) is 0 Å². The molecule has 6 heteroatoms. The van der Waals surface area contributed by atoms with Crippen LogP contribution in [0.3, 0.4) is 0 Å². The van der Waals surface area contributed by atoms with Crippen LogP contribution in [0, 0.1) is 0 Å². The molecule has 1 N–H and O–H groups in total. The molecule has 0 radical (unpaired) electrons. The maximum atomic E-state index is 13.6. The molecule has 1 aromatic heterocycles. The molecule has 146 valence electrons. The van der Waals surface area contributed by atoms with Crippen molar-refractivity contribution in [3.05, 3.63) is 89.7 Å². The molecular formula is C23H22N4O2. The summed E-state index contributed by atoms with van der Waals surface area (Å²) in [7, 11) is 0. The van der Waals surface area contributed by atoms with Gasteiger partial charge in [-0.2, -0.15) is 0 Å². The monoisotopic (exact) mass is 386 g/mol. The lowest BCUT2D eigenvalue weighted by atomic mass is 9.99. The quantitative estimate of drug-likeness (QED) is 0.751. The van der Waals surface area contributed by atoms with Crippen LogP contribution in [0.4, 0.5) is 10.5 Å². The zero-order chi connectivity index (χ0) is 19.8. The van der Waals surface area contributed by atoms with Crippen molar-refractivity contribution in [1.82, 2.24) is 14.8 Å². The standard InChI is InChI=1S/C23H22N4O2/c28-22(18-8-4-9-19(16-18)26-13-11-24-23(26)29)27-15-14-25-12-5-10-20(25)21(27)17-6-2-1-3-7-17/h1-10,12,16,21H,11,13-15H2,(H,24,29). The van der Waals surface area contributed by atoms with E-state index < -0.39 is 0 Å². The first-order valence-corrected chi connectivity index (χ1v) is 9.89. The molecule has 1 saturated heterocycles. The number of anilines is 1. The maximum absolute atomic E-state index is 13.6. The predicted octanol–water partition coefficient (Wildman–Crippen LogP) is 3.26. The van der Waals surface area contributed by atoms with E-state index in [9.17, 15) is 9.59 Å². The highest BCUT2D eigenvalue weighted by molar-refractivity contribution is 5.98. The minimum Gasteiger partial charge on any atom is -0.348 e. The van der Waals surface area contributed by atoms with Crippen LogP contribution in [-0.4, -0.2) is 41.0 Å². The van der Waals surface area contributed by atoms with Gasteiger partial charge < -0.3 is 14.8 Å². The van der Waals surface area contributed by atoms with Crippen molar-refractivity contribution in [3.8, 4) is 0 Å². The van der Waals surface area contributed by atoms with E-state index in [-0.39, 0.29) is 18.0 Å². The Labute approximate surface area is 169 Å². The fourth-order valence-electron chi connectivity index (χ4n) is 4.28. The lowest BCUT2D eigenvalue weighted by Gasteiger charge is -2.37. The summed E-state index contributed by atoms with van der Waals surface area (Å²) in [5.74, 6) is -0.0206. The third-order valence-electron chi connectivity index (χ3n) is 5.68. The van der Waals surface area contributed by atoms with Gasteiger partial charge in [0.1, 0.15) is 0 Å². The molecule has 6 nitrogen and oxygen atoms in total. The first-order valence-electron chi connectivity index (χ1n) is 9.89. The van der Waals surface area contributed by atoms with Gasteiger partial charge in [-0.3, -0.25) is 9.69 Å². The second-order valence-electron chi connectivity index (χ2n) is 7.37. The van der Waals surface area contributed by atoms with Gasteiger partial charge in [0.25, 0.3) is 5.91 Å². The van der Waals surface area contributed by atoms with Crippen molar-refractivity contribution in [2.75, 3.05) is 24.5 Å². The van der Waals surface area contributed by atoms with Gasteiger partial charge in [0.15, 0.2) is 0 Å². The highest BCUT2D eigenvalue weighted by Crippen LogP contribution is 2.33. The van der Waals surface area contributed by atoms with Crippen LogP contribution in [0.5, 0.6) is 0 Å². The van der Waals surface area contributed by atoms with Crippen molar-refractivity contribution >= 4 is 17.6 Å². The largest absolute Gasteiger partial charge is 0.348 e. The predicted molar refractivity (Wildman–Crippen MR) is 111 cm³/mol. The molecule has 0 spiro atoms. The van der Waals surface area contributed by atoms with Crippen LogP contribution in [0.2, 0.25) is 0 Å². The van der Waals surface area contributed by atoms with E-state index in [1.165, 1.54) is 0 Å². The average Bonchev–Trinajstić information content (AvgIpc) is 3.42. The highest BCUT2D eigenvalue weighted by atomic mass is 16.2. The zero-order valence-corrected chi connectivity index (χ0v) is 16.0. The van der Waals surface area contributed by atoms with E-state index in [1.807, 2.05) is 53.4 Å². The van der Waals surface area contributed by atoms with Crippen molar-refractivity contribution in [2.24, 2.45) is 0 Å². The van der Waals surface area contributed by atoms with Crippen molar-refractivity contribution in [3.63, 3.8) is 0 Å². The zero-order valence-electron chi connectivity index (χ0n) is 16.0. The Morgan fingerprint density at radius 1 is 0.931 bits per heavy atom. The molecular weight excluding hydrogens is 364 g/mol. The molecule has 29 heavy (non-hydrogen) atoms. The summed E-state index contributed by atoms with van der Waals surface area (Å²) in [6, 6.07) is 21.4. The Kier molecular flexibility index (Phi) is 4.31. The lowest BCUT2D eigenvalue weighted by Crippen LogP contribution is -2.42. The Morgan fingerprint density at radius 2 is 1.79 bits per heavy atom. The van der Waals surface area contributed by atoms with Crippen LogP contribution < -0.4 is 10.2 Å². The Morgan fingerprint density at radius 3 is 2.59 bits per heavy atom. The number of urea groups is 1. The molecule has 3 amide bonds. The van der Waals surface area contributed by atoms with Crippen LogP contribution >= 0.6 is 0 Å². The fourth-order valence-corrected chi connectivity index (χ4v) is 4.28. The summed E-state index contributed by atoms with van der Waals surface area (Å²) in [6.07, 6.45) is 2.07. The van der Waals surface area contributed by atoms with Gasteiger partial charge in [-0.1, -0.05) is 36.4 Å². The van der Waals surface area contributed by atoms with E-state index in [2.05, 4.69) is 34.3 Å². The smallest absolute Gasteiger partial charge is 0.321 e. The fraction of sp³-hybridized carbons (Fsp3) is 0.217. The van der Waals surface area contributed by atoms with Gasteiger partial charge in [-0.05, 0) is 35.9 Å². The van der Waals surface area contributed by atoms with Crippen LogP contribution in [0.25, 0.3) is 0 Å². The van der Waals surface area contributed by atoms with E-state index in [4.69, 9.17) is 0 Å². The highest BCUT2D eigenvalue weighted by Gasteiger charge is 2.33. The number of fused-ring (bicyclic) bond motifs is 1. The minimum atomic E-state index is -0.133. The first kappa shape index (κ1) is 17.6. The van der Waals surface area contributed by atoms with Gasteiger partial charge in [-0.25, -0.2) is 4.79 Å². The summed E-state index contributed by atoms with van der Waals surface area (Å²) in [6.45, 7) is 2.64. The van der Waals surface area contributed by atoms with Gasteiger partial charge in [0, 0.05) is 49.3 Å². The summed E-state index contributed by atoms with van der Waals surface area (Å²) in [5, 5.41) is 2.81. The Balaban J connectivity index is 1.51. The number of carbonyl (C=O) groups excluding carboxylic acids is 2. The molecule has 2 aliphatic heterocycles. The van der Waals surface area contributed by atoms with Crippen LogP contribution in [0.1, 0.15) is 27.7 Å². The Hall–Kier alpha value is -3.54. The molecule has 0 saturated carbocycles. The number of hydrogen-bond acceptors (Lipinski definition) is 2. The van der Waals surface area contributed by atoms with Crippen molar-refractivity contribution in [1.29, 1.82) is 0 Å². The molecule has 3 aromatic rings. The molecule has 3 heterocycles. The molecule has 2 aliphatic rings. The van der Waals surface area contributed by atoms with E-state index in [0.29, 0.717) is 25.2 Å². The molecule has 1 unspecified atom stereocenters. The number of nitrogens with one attached hydrogen (secondary N) is 1. The average molecular weight is 386 g/mol. The van der Waals surface area contributed by atoms with Crippen LogP contribution in [-0.2, 0) is 6.54 Å². The number of benzene rings is 2. The second kappa shape index (κ2) is 7.13. The van der Waals surface area contributed by atoms with Gasteiger partial charge in [-0.15, -0.1) is 0 Å². The summed E-state index contributed by atoms with van der Waals surface area (Å²) in [4.78, 5) is 29.2. The first-order chi connectivity index (χ1) is 14.2. The molecule has 2 aromatic carbocycles. The van der Waals surface area contributed by atoms with Crippen LogP contribution in [0.15, 0.2) is 72.9 Å². The summed E-state index contributed by atoms with van der Waals surface area (Å²) >= 11 is 0. The van der Waals surface area contributed by atoms with Crippen molar-refractivity contribution in [2.45, 2.75) is 12.6 Å². The molecule has 1 fully saturated rings. The molecule has 1 atom stereocenters. The number of carbonyl (C=O) groups is 2. The Bertz CT molecular complexity index is 1060. The third-order valence-corrected chi connectivity index (χ3v) is 5.68. The minimum absolute atomic E-state index is 0.0206. The number of amides is 3. The molecule has 0 bridgehead atoms. The van der Waals surface area contributed by atoms with E-state index in [0.717, 1.165) is 23.5 Å². The number of nitrogens with zero attached hydrogens (tertiary/aromatic N) is 3. The molecule has 0 aliphatic carbocycles. The van der Waals surface area contributed by atoms with E-state index >= 15 is 0 Å². The van der Waals surface area contributed by atoms with E-state index in [1.54, 1.807) is 4.90 Å².